The molecule has 0 aliphatic rings. The normalized spacial score (nSPS) is 11.6. The number of rotatable bonds is 8. The van der Waals surface area contributed by atoms with Crippen LogP contribution < -0.4 is 4.72 Å². The van der Waals surface area contributed by atoms with Crippen molar-refractivity contribution in [1.29, 1.82) is 0 Å². The van der Waals surface area contributed by atoms with Crippen molar-refractivity contribution in [2.24, 2.45) is 7.05 Å². The van der Waals surface area contributed by atoms with E-state index in [1.165, 1.54) is 12.5 Å². The highest BCUT2D eigenvalue weighted by molar-refractivity contribution is 7.89. The number of carboxylic acid groups (broad SMARTS) is 1. The Hall–Kier alpha value is -1.41. The van der Waals surface area contributed by atoms with Crippen LogP contribution in [0.4, 0.5) is 0 Å². The lowest BCUT2D eigenvalue weighted by atomic mass is 10.2. The van der Waals surface area contributed by atoms with E-state index < -0.39 is 16.0 Å². The van der Waals surface area contributed by atoms with E-state index in [1.54, 1.807) is 11.6 Å². The zero-order valence-electron chi connectivity index (χ0n) is 10.2. The molecule has 0 saturated carbocycles. The fourth-order valence-electron chi connectivity index (χ4n) is 1.39. The minimum absolute atomic E-state index is 0.00413. The highest BCUT2D eigenvalue weighted by Crippen LogP contribution is 2.05. The van der Waals surface area contributed by atoms with Gasteiger partial charge in [0.1, 0.15) is 0 Å². The molecule has 1 rings (SSSR count). The van der Waals surface area contributed by atoms with Crippen LogP contribution >= 0.6 is 0 Å². The van der Waals surface area contributed by atoms with Crippen molar-refractivity contribution in [1.82, 2.24) is 14.3 Å². The molecule has 8 heteroatoms. The molecule has 0 bridgehead atoms. The minimum atomic E-state index is -3.54. The Labute approximate surface area is 106 Å². The molecule has 1 aromatic heterocycles. The van der Waals surface area contributed by atoms with Gasteiger partial charge in [0.25, 0.3) is 10.0 Å². The summed E-state index contributed by atoms with van der Waals surface area (Å²) in [5, 5.41) is 8.42. The summed E-state index contributed by atoms with van der Waals surface area (Å²) < 4.78 is 27.4. The van der Waals surface area contributed by atoms with Gasteiger partial charge in [0.15, 0.2) is 5.03 Å². The van der Waals surface area contributed by atoms with Gasteiger partial charge in [-0.1, -0.05) is 6.42 Å². The van der Waals surface area contributed by atoms with Crippen LogP contribution in [0.1, 0.15) is 25.7 Å². The maximum Gasteiger partial charge on any atom is 0.303 e. The zero-order valence-corrected chi connectivity index (χ0v) is 11.0. The molecule has 18 heavy (non-hydrogen) atoms. The molecule has 0 radical (unpaired) electrons. The maximum atomic E-state index is 11.7. The molecule has 0 spiro atoms. The van der Waals surface area contributed by atoms with E-state index in [0.29, 0.717) is 25.8 Å². The van der Waals surface area contributed by atoms with E-state index in [2.05, 4.69) is 9.71 Å². The van der Waals surface area contributed by atoms with Gasteiger partial charge >= 0.3 is 5.97 Å². The quantitative estimate of drug-likeness (QED) is 0.666. The van der Waals surface area contributed by atoms with E-state index in [1.807, 2.05) is 0 Å². The van der Waals surface area contributed by atoms with Crippen LogP contribution in [0.5, 0.6) is 0 Å². The number of aliphatic carboxylic acids is 1. The summed E-state index contributed by atoms with van der Waals surface area (Å²) in [6.45, 7) is 0.290. The topological polar surface area (TPSA) is 101 Å². The molecule has 0 atom stereocenters. The molecule has 102 valence electrons. The second-order valence-corrected chi connectivity index (χ2v) is 5.69. The molecule has 0 fully saturated rings. The van der Waals surface area contributed by atoms with Crippen LogP contribution in [0.2, 0.25) is 0 Å². The summed E-state index contributed by atoms with van der Waals surface area (Å²) in [5.74, 6) is -0.830. The summed E-state index contributed by atoms with van der Waals surface area (Å²) in [6, 6.07) is 0. The Bertz CT molecular complexity index is 495. The number of carboxylic acids is 1. The maximum absolute atomic E-state index is 11.7. The molecule has 0 unspecified atom stereocenters. The second-order valence-electron chi connectivity index (χ2n) is 3.98. The van der Waals surface area contributed by atoms with Crippen molar-refractivity contribution in [2.75, 3.05) is 6.54 Å². The Morgan fingerprint density at radius 1 is 1.44 bits per heavy atom. The van der Waals surface area contributed by atoms with Gasteiger partial charge in [-0.15, -0.1) is 0 Å². The van der Waals surface area contributed by atoms with Crippen LogP contribution in [0, 0.1) is 0 Å². The van der Waals surface area contributed by atoms with Gasteiger partial charge < -0.3 is 9.67 Å². The lowest BCUT2D eigenvalue weighted by Crippen LogP contribution is -2.25. The molecule has 0 aromatic carbocycles. The fraction of sp³-hybridized carbons (Fsp3) is 0.600. The Morgan fingerprint density at radius 2 is 2.17 bits per heavy atom. The van der Waals surface area contributed by atoms with Crippen molar-refractivity contribution < 1.29 is 18.3 Å². The Balaban J connectivity index is 2.28. The number of hydrogen-bond acceptors (Lipinski definition) is 4. The van der Waals surface area contributed by atoms with Gasteiger partial charge in [0, 0.05) is 26.2 Å². The third-order valence-corrected chi connectivity index (χ3v) is 3.66. The molecule has 0 saturated heterocycles. The minimum Gasteiger partial charge on any atom is -0.481 e. The SMILES string of the molecule is Cn1cnc(S(=O)(=O)NCCCCCC(=O)O)c1. The van der Waals surface area contributed by atoms with Gasteiger partial charge in [-0.2, -0.15) is 0 Å². The van der Waals surface area contributed by atoms with Crippen LogP contribution in [-0.4, -0.2) is 35.6 Å². The average Bonchev–Trinajstić information content (AvgIpc) is 2.70. The Morgan fingerprint density at radius 3 is 2.72 bits per heavy atom. The van der Waals surface area contributed by atoms with Gasteiger partial charge in [-0.25, -0.2) is 18.1 Å². The molecule has 0 aliphatic heterocycles. The standard InChI is InChI=1S/C10H17N3O4S/c1-13-7-9(11-8-13)18(16,17)12-6-4-2-3-5-10(14)15/h7-8,12H,2-6H2,1H3,(H,14,15). The van der Waals surface area contributed by atoms with Crippen molar-refractivity contribution >= 4 is 16.0 Å². The number of unbranched alkanes of at least 4 members (excludes halogenated alkanes) is 2. The van der Waals surface area contributed by atoms with E-state index >= 15 is 0 Å². The number of carbonyl (C=O) groups is 1. The monoisotopic (exact) mass is 275 g/mol. The summed E-state index contributed by atoms with van der Waals surface area (Å²) in [6.07, 6.45) is 4.80. The molecular weight excluding hydrogens is 258 g/mol. The highest BCUT2D eigenvalue weighted by Gasteiger charge is 2.15. The molecule has 1 heterocycles. The van der Waals surface area contributed by atoms with E-state index in [4.69, 9.17) is 5.11 Å². The second kappa shape index (κ2) is 6.50. The van der Waals surface area contributed by atoms with Gasteiger partial charge in [0.05, 0.1) is 6.33 Å². The first-order valence-corrected chi connectivity index (χ1v) is 7.09. The number of aromatic nitrogens is 2. The number of imidazole rings is 1. The molecule has 2 N–H and O–H groups in total. The number of nitrogens with zero attached hydrogens (tertiary/aromatic N) is 2. The molecule has 0 aliphatic carbocycles. The summed E-state index contributed by atoms with van der Waals surface area (Å²) in [4.78, 5) is 14.0. The van der Waals surface area contributed by atoms with Gasteiger partial charge in [-0.3, -0.25) is 4.79 Å². The first-order chi connectivity index (χ1) is 8.42. The van der Waals surface area contributed by atoms with E-state index in [9.17, 15) is 13.2 Å². The predicted octanol–water partition coefficient (Wildman–Crippen LogP) is 0.343. The fourth-order valence-corrected chi connectivity index (χ4v) is 2.44. The van der Waals surface area contributed by atoms with Crippen LogP contribution in [-0.2, 0) is 21.9 Å². The number of sulfonamides is 1. The smallest absolute Gasteiger partial charge is 0.303 e. The average molecular weight is 275 g/mol. The first-order valence-electron chi connectivity index (χ1n) is 5.61. The van der Waals surface area contributed by atoms with Gasteiger partial charge in [0.2, 0.25) is 0 Å². The summed E-state index contributed by atoms with van der Waals surface area (Å²) >= 11 is 0. The predicted molar refractivity (Wildman–Crippen MR) is 64.5 cm³/mol. The molecule has 0 amide bonds. The van der Waals surface area contributed by atoms with Crippen molar-refractivity contribution in [3.05, 3.63) is 12.5 Å². The highest BCUT2D eigenvalue weighted by atomic mass is 32.2. The van der Waals surface area contributed by atoms with Crippen molar-refractivity contribution in [3.8, 4) is 0 Å². The van der Waals surface area contributed by atoms with Gasteiger partial charge in [-0.05, 0) is 12.8 Å². The Kier molecular flexibility index (Phi) is 5.29. The van der Waals surface area contributed by atoms with E-state index in [-0.39, 0.29) is 11.4 Å². The third-order valence-electron chi connectivity index (χ3n) is 2.32. The zero-order chi connectivity index (χ0) is 13.6. The lowest BCUT2D eigenvalue weighted by Gasteiger charge is -2.03. The lowest BCUT2D eigenvalue weighted by molar-refractivity contribution is -0.137. The van der Waals surface area contributed by atoms with Crippen molar-refractivity contribution in [3.63, 3.8) is 0 Å². The van der Waals surface area contributed by atoms with E-state index in [0.717, 1.165) is 0 Å². The van der Waals surface area contributed by atoms with Crippen LogP contribution in [0.15, 0.2) is 17.6 Å². The molecule has 1 aromatic rings. The largest absolute Gasteiger partial charge is 0.481 e. The first kappa shape index (κ1) is 14.7. The van der Waals surface area contributed by atoms with Crippen LogP contribution in [0.3, 0.4) is 0 Å². The third kappa shape index (κ3) is 4.84. The van der Waals surface area contributed by atoms with Crippen LogP contribution in [0.25, 0.3) is 0 Å². The number of hydrogen-bond donors (Lipinski definition) is 2. The summed E-state index contributed by atoms with van der Waals surface area (Å²) in [7, 11) is -1.85. The number of aryl methyl sites for hydroxylation is 1. The molecular formula is C10H17N3O4S. The van der Waals surface area contributed by atoms with Crippen molar-refractivity contribution in [2.45, 2.75) is 30.7 Å². The molecule has 7 nitrogen and oxygen atoms in total. The number of nitrogens with one attached hydrogen (secondary N) is 1. The summed E-state index contributed by atoms with van der Waals surface area (Å²) in [5.41, 5.74) is 0.